The monoisotopic (exact) mass is 367 g/mol. The molecule has 4 rings (SSSR count). The Balaban J connectivity index is 1.73. The normalized spacial score (nSPS) is 20.5. The fraction of sp³-hybridized carbons (Fsp3) is 0.312. The lowest BCUT2D eigenvalue weighted by Gasteiger charge is -2.28. The van der Waals surface area contributed by atoms with Crippen molar-refractivity contribution in [2.24, 2.45) is 0 Å². The van der Waals surface area contributed by atoms with E-state index < -0.39 is 0 Å². The zero-order valence-electron chi connectivity index (χ0n) is 12.5. The second-order valence-electron chi connectivity index (χ2n) is 5.89. The maximum Gasteiger partial charge on any atom is 0.256 e. The second-order valence-corrected chi connectivity index (χ2v) is 7.78. The third kappa shape index (κ3) is 2.52. The van der Waals surface area contributed by atoms with Crippen molar-refractivity contribution >= 4 is 45.4 Å². The van der Waals surface area contributed by atoms with Crippen LogP contribution in [-0.2, 0) is 13.0 Å². The maximum absolute atomic E-state index is 12.6. The van der Waals surface area contributed by atoms with Crippen LogP contribution in [0.3, 0.4) is 0 Å². The first-order valence-corrected chi connectivity index (χ1v) is 8.96. The summed E-state index contributed by atoms with van der Waals surface area (Å²) in [5, 5.41) is 8.29. The van der Waals surface area contributed by atoms with E-state index in [1.54, 1.807) is 17.4 Å². The predicted molar refractivity (Wildman–Crippen MR) is 94.6 cm³/mol. The summed E-state index contributed by atoms with van der Waals surface area (Å²) in [6.07, 6.45) is 0.550. The van der Waals surface area contributed by atoms with Gasteiger partial charge in [0.05, 0.1) is 15.6 Å². The average Bonchev–Trinajstić information content (AvgIpc) is 2.87. The van der Waals surface area contributed by atoms with Crippen LogP contribution in [0.4, 0.5) is 5.00 Å². The summed E-state index contributed by atoms with van der Waals surface area (Å²) in [5.41, 5.74) is 2.76. The molecule has 0 unspecified atom stereocenters. The number of carbonyl (C=O) groups is 1. The third-order valence-corrected chi connectivity index (χ3v) is 6.30. The van der Waals surface area contributed by atoms with Crippen LogP contribution in [-0.4, -0.2) is 24.4 Å². The highest BCUT2D eigenvalue weighted by molar-refractivity contribution is 7.16. The fourth-order valence-corrected chi connectivity index (χ4v) is 4.91. The van der Waals surface area contributed by atoms with E-state index in [2.05, 4.69) is 22.6 Å². The molecule has 1 aromatic carbocycles. The minimum atomic E-state index is -0.362. The largest absolute Gasteiger partial charge is 0.353 e. The molecule has 2 aliphatic heterocycles. The molecule has 0 radical (unpaired) electrons. The molecule has 0 saturated heterocycles. The van der Waals surface area contributed by atoms with Gasteiger partial charge in [0.2, 0.25) is 0 Å². The van der Waals surface area contributed by atoms with Gasteiger partial charge in [-0.15, -0.1) is 11.3 Å². The molecule has 2 aromatic rings. The molecular weight excluding hydrogens is 353 g/mol. The SMILES string of the molecule is CN1CCc2c(sc3c2C(=O)N[C@H](c2cccc(Cl)c2Cl)N3)C1. The number of fused-ring (bicyclic) bond motifs is 3. The summed E-state index contributed by atoms with van der Waals surface area (Å²) in [7, 11) is 2.10. The van der Waals surface area contributed by atoms with Crippen LogP contribution in [0.5, 0.6) is 0 Å². The van der Waals surface area contributed by atoms with Crippen LogP contribution < -0.4 is 10.6 Å². The summed E-state index contributed by atoms with van der Waals surface area (Å²) < 4.78 is 0. The van der Waals surface area contributed by atoms with Crippen molar-refractivity contribution < 1.29 is 4.79 Å². The number of thiophene rings is 1. The van der Waals surface area contributed by atoms with Crippen molar-refractivity contribution in [2.75, 3.05) is 18.9 Å². The lowest BCUT2D eigenvalue weighted by atomic mass is 10.0. The van der Waals surface area contributed by atoms with Crippen molar-refractivity contribution in [3.8, 4) is 0 Å². The number of amides is 1. The number of anilines is 1. The Bertz CT molecular complexity index is 805. The van der Waals surface area contributed by atoms with Crippen LogP contribution >= 0.6 is 34.5 Å². The van der Waals surface area contributed by atoms with E-state index in [0.29, 0.717) is 10.0 Å². The Kier molecular flexibility index (Phi) is 3.76. The third-order valence-electron chi connectivity index (χ3n) is 4.32. The molecule has 120 valence electrons. The molecule has 7 heteroatoms. The molecule has 0 fully saturated rings. The molecule has 1 aromatic heterocycles. The van der Waals surface area contributed by atoms with Gasteiger partial charge in [0.15, 0.2) is 0 Å². The van der Waals surface area contributed by atoms with Gasteiger partial charge in [-0.3, -0.25) is 4.79 Å². The zero-order chi connectivity index (χ0) is 16.1. The van der Waals surface area contributed by atoms with Gasteiger partial charge in [-0.2, -0.15) is 0 Å². The highest BCUT2D eigenvalue weighted by atomic mass is 35.5. The van der Waals surface area contributed by atoms with E-state index in [1.165, 1.54) is 10.4 Å². The summed E-state index contributed by atoms with van der Waals surface area (Å²) in [5.74, 6) is -0.0400. The first kappa shape index (κ1) is 15.3. The van der Waals surface area contributed by atoms with Gasteiger partial charge in [-0.05, 0) is 25.1 Å². The van der Waals surface area contributed by atoms with Crippen LogP contribution in [0.2, 0.25) is 10.0 Å². The smallest absolute Gasteiger partial charge is 0.256 e. The molecule has 4 nitrogen and oxygen atoms in total. The van der Waals surface area contributed by atoms with Crippen molar-refractivity contribution in [2.45, 2.75) is 19.1 Å². The Morgan fingerprint density at radius 3 is 2.96 bits per heavy atom. The highest BCUT2D eigenvalue weighted by Gasteiger charge is 2.33. The fourth-order valence-electron chi connectivity index (χ4n) is 3.14. The van der Waals surface area contributed by atoms with Crippen molar-refractivity contribution in [3.63, 3.8) is 0 Å². The van der Waals surface area contributed by atoms with Gasteiger partial charge in [-0.1, -0.05) is 35.3 Å². The number of hydrogen-bond donors (Lipinski definition) is 2. The van der Waals surface area contributed by atoms with E-state index in [-0.39, 0.29) is 12.1 Å². The highest BCUT2D eigenvalue weighted by Crippen LogP contribution is 2.41. The van der Waals surface area contributed by atoms with Gasteiger partial charge >= 0.3 is 0 Å². The van der Waals surface area contributed by atoms with Crippen molar-refractivity contribution in [3.05, 3.63) is 49.8 Å². The molecular formula is C16H15Cl2N3OS. The molecule has 1 atom stereocenters. The molecule has 0 bridgehead atoms. The molecule has 23 heavy (non-hydrogen) atoms. The van der Waals surface area contributed by atoms with Gasteiger partial charge in [0.1, 0.15) is 11.2 Å². The minimum absolute atomic E-state index is 0.0400. The first-order chi connectivity index (χ1) is 11.0. The van der Waals surface area contributed by atoms with Crippen molar-refractivity contribution in [1.29, 1.82) is 0 Å². The van der Waals surface area contributed by atoms with Crippen LogP contribution in [0.1, 0.15) is 32.5 Å². The molecule has 3 heterocycles. The summed E-state index contributed by atoms with van der Waals surface area (Å²) >= 11 is 14.1. The number of carbonyl (C=O) groups excluding carboxylic acids is 1. The quantitative estimate of drug-likeness (QED) is 0.803. The average molecular weight is 368 g/mol. The standard InChI is InChI=1S/C16H15Cl2N3OS/c1-21-6-5-8-11(7-21)23-16-12(8)15(22)19-14(20-16)9-3-2-4-10(17)13(9)18/h2-4,14,20H,5-7H2,1H3,(H,19,22)/t14-/m0/s1. The molecule has 2 N–H and O–H groups in total. The lowest BCUT2D eigenvalue weighted by Crippen LogP contribution is -2.38. The number of halogens is 2. The van der Waals surface area contributed by atoms with Crippen LogP contribution in [0.25, 0.3) is 0 Å². The molecule has 0 saturated carbocycles. The van der Waals surface area contributed by atoms with Crippen LogP contribution in [0, 0.1) is 0 Å². The van der Waals surface area contributed by atoms with E-state index >= 15 is 0 Å². The molecule has 2 aliphatic rings. The molecule has 0 aliphatic carbocycles. The summed E-state index contributed by atoms with van der Waals surface area (Å²) in [6.45, 7) is 1.87. The summed E-state index contributed by atoms with van der Waals surface area (Å²) in [6, 6.07) is 5.45. The van der Waals surface area contributed by atoms with Gasteiger partial charge in [0, 0.05) is 23.5 Å². The lowest BCUT2D eigenvalue weighted by molar-refractivity contribution is 0.0935. The maximum atomic E-state index is 12.6. The second kappa shape index (κ2) is 5.67. The van der Waals surface area contributed by atoms with E-state index in [1.807, 2.05) is 12.1 Å². The number of likely N-dealkylation sites (N-methyl/N-ethyl adjacent to an activating group) is 1. The summed E-state index contributed by atoms with van der Waals surface area (Å²) in [4.78, 5) is 16.2. The van der Waals surface area contributed by atoms with Gasteiger partial charge in [0.25, 0.3) is 5.91 Å². The molecule has 0 spiro atoms. The van der Waals surface area contributed by atoms with E-state index in [0.717, 1.165) is 35.6 Å². The van der Waals surface area contributed by atoms with E-state index in [9.17, 15) is 4.79 Å². The Morgan fingerprint density at radius 1 is 1.30 bits per heavy atom. The number of hydrogen-bond acceptors (Lipinski definition) is 4. The predicted octanol–water partition coefficient (Wildman–Crippen LogP) is 3.90. The van der Waals surface area contributed by atoms with E-state index in [4.69, 9.17) is 23.2 Å². The van der Waals surface area contributed by atoms with Crippen LogP contribution in [0.15, 0.2) is 18.2 Å². The topological polar surface area (TPSA) is 44.4 Å². The Morgan fingerprint density at radius 2 is 2.13 bits per heavy atom. The number of benzene rings is 1. The van der Waals surface area contributed by atoms with Gasteiger partial charge in [-0.25, -0.2) is 0 Å². The van der Waals surface area contributed by atoms with Crippen molar-refractivity contribution in [1.82, 2.24) is 10.2 Å². The first-order valence-electron chi connectivity index (χ1n) is 7.39. The molecule has 1 amide bonds. The Hall–Kier alpha value is -1.27. The Labute approximate surface area is 148 Å². The van der Waals surface area contributed by atoms with Gasteiger partial charge < -0.3 is 15.5 Å². The zero-order valence-corrected chi connectivity index (χ0v) is 14.8. The number of rotatable bonds is 1. The number of nitrogens with zero attached hydrogens (tertiary/aromatic N) is 1. The number of nitrogens with one attached hydrogen (secondary N) is 2. The minimum Gasteiger partial charge on any atom is -0.353 e.